The van der Waals surface area contributed by atoms with Crippen LogP contribution in [0.2, 0.25) is 0 Å². The van der Waals surface area contributed by atoms with Gasteiger partial charge in [-0.15, -0.1) is 0 Å². The summed E-state index contributed by atoms with van der Waals surface area (Å²) in [6.07, 6.45) is 6.28. The Balaban J connectivity index is 1.97. The molecule has 1 aromatic carbocycles. The summed E-state index contributed by atoms with van der Waals surface area (Å²) in [6, 6.07) is 7.68. The zero-order valence-corrected chi connectivity index (χ0v) is 15.2. The number of amidine groups is 1. The number of nitrogens with zero attached hydrogens (tertiary/aromatic N) is 1. The number of hydrogen-bond acceptors (Lipinski definition) is 4. The predicted octanol–water partition coefficient (Wildman–Crippen LogP) is 4.10. The topological polar surface area (TPSA) is 59.9 Å². The minimum Gasteiger partial charge on any atom is -0.490 e. The van der Waals surface area contributed by atoms with Crippen LogP contribution in [0.15, 0.2) is 39.9 Å². The van der Waals surface area contributed by atoms with Crippen molar-refractivity contribution < 1.29 is 13.7 Å². The summed E-state index contributed by atoms with van der Waals surface area (Å²) in [4.78, 5) is 17.6. The average molecular weight is 348 g/mol. The van der Waals surface area contributed by atoms with E-state index in [9.17, 15) is 4.79 Å². The van der Waals surface area contributed by atoms with Crippen LogP contribution in [0, 0.1) is 0 Å². The molecule has 1 heterocycles. The molecule has 130 valence electrons. The normalized spacial score (nSPS) is 25.4. The number of amides is 1. The van der Waals surface area contributed by atoms with Crippen molar-refractivity contribution in [1.29, 1.82) is 0 Å². The number of aliphatic imine (C=N–C) groups is 1. The van der Waals surface area contributed by atoms with Gasteiger partial charge in [0.25, 0.3) is 0 Å². The molecule has 0 aromatic heterocycles. The second-order valence-electron chi connectivity index (χ2n) is 5.98. The van der Waals surface area contributed by atoms with E-state index in [1.807, 2.05) is 31.2 Å². The summed E-state index contributed by atoms with van der Waals surface area (Å²) in [5, 5.41) is 3.56. The Morgan fingerprint density at radius 3 is 2.67 bits per heavy atom. The van der Waals surface area contributed by atoms with Gasteiger partial charge in [0, 0.05) is 18.1 Å². The molecule has 0 spiro atoms. The Bertz CT molecular complexity index is 714. The average Bonchev–Trinajstić information content (AvgIpc) is 2.82. The molecule has 1 unspecified atom stereocenters. The maximum Gasteiger partial charge on any atom is 0.222 e. The maximum absolute atomic E-state index is 11.6. The van der Waals surface area contributed by atoms with Gasteiger partial charge in [0.2, 0.25) is 5.91 Å². The lowest BCUT2D eigenvalue weighted by Crippen LogP contribution is -2.33. The summed E-state index contributed by atoms with van der Waals surface area (Å²) < 4.78 is 12.2. The van der Waals surface area contributed by atoms with Crippen LogP contribution in [-0.4, -0.2) is 23.9 Å². The number of allylic oxidation sites excluding steroid dienone is 2. The summed E-state index contributed by atoms with van der Waals surface area (Å²) in [5.41, 5.74) is 1.09. The SMILES string of the molecule is CCOc1ccccc1OS1(C)C(NC(C)=O)=NC2=C1CCCC2. The van der Waals surface area contributed by atoms with Gasteiger partial charge < -0.3 is 14.2 Å². The summed E-state index contributed by atoms with van der Waals surface area (Å²) in [6.45, 7) is 4.04. The van der Waals surface area contributed by atoms with Crippen molar-refractivity contribution in [2.24, 2.45) is 4.99 Å². The summed E-state index contributed by atoms with van der Waals surface area (Å²) in [7, 11) is -1.82. The fourth-order valence-electron chi connectivity index (χ4n) is 3.06. The molecule has 2 aliphatic rings. The van der Waals surface area contributed by atoms with Crippen molar-refractivity contribution in [1.82, 2.24) is 5.32 Å². The number of ether oxygens (including phenoxy) is 1. The largest absolute Gasteiger partial charge is 0.490 e. The van der Waals surface area contributed by atoms with Crippen molar-refractivity contribution >= 4 is 21.4 Å². The first-order valence-electron chi connectivity index (χ1n) is 8.32. The van der Waals surface area contributed by atoms with Crippen LogP contribution in [-0.2, 0) is 4.79 Å². The van der Waals surface area contributed by atoms with E-state index in [-0.39, 0.29) is 5.91 Å². The fourth-order valence-corrected chi connectivity index (χ4v) is 5.73. The van der Waals surface area contributed by atoms with Crippen molar-refractivity contribution in [2.45, 2.75) is 39.5 Å². The molecule has 1 aliphatic carbocycles. The highest BCUT2D eigenvalue weighted by Crippen LogP contribution is 2.62. The number of para-hydroxylation sites is 2. The van der Waals surface area contributed by atoms with Gasteiger partial charge in [0.15, 0.2) is 16.7 Å². The van der Waals surface area contributed by atoms with E-state index in [4.69, 9.17) is 13.9 Å². The molecule has 0 saturated heterocycles. The number of benzene rings is 1. The lowest BCUT2D eigenvalue weighted by molar-refractivity contribution is -0.117. The van der Waals surface area contributed by atoms with E-state index in [1.165, 1.54) is 11.8 Å². The van der Waals surface area contributed by atoms with Crippen molar-refractivity contribution in [3.63, 3.8) is 0 Å². The minimum atomic E-state index is -1.82. The van der Waals surface area contributed by atoms with Gasteiger partial charge in [-0.05, 0) is 55.0 Å². The zero-order valence-electron chi connectivity index (χ0n) is 14.4. The molecule has 1 aliphatic heterocycles. The van der Waals surface area contributed by atoms with Gasteiger partial charge in [-0.25, -0.2) is 4.99 Å². The molecular weight excluding hydrogens is 324 g/mol. The third-order valence-corrected chi connectivity index (χ3v) is 6.98. The molecule has 3 rings (SSSR count). The van der Waals surface area contributed by atoms with Gasteiger partial charge in [0.05, 0.1) is 12.3 Å². The number of hydrogen-bond donors (Lipinski definition) is 1. The maximum atomic E-state index is 11.6. The van der Waals surface area contributed by atoms with Crippen LogP contribution in [0.3, 0.4) is 0 Å². The zero-order chi connectivity index (χ0) is 17.2. The van der Waals surface area contributed by atoms with E-state index in [0.29, 0.717) is 17.5 Å². The molecule has 0 radical (unpaired) electrons. The molecule has 24 heavy (non-hydrogen) atoms. The highest BCUT2D eigenvalue weighted by molar-refractivity contribution is 8.44. The van der Waals surface area contributed by atoms with Crippen LogP contribution in [0.4, 0.5) is 0 Å². The second-order valence-corrected chi connectivity index (χ2v) is 8.72. The Morgan fingerprint density at radius 1 is 1.25 bits per heavy atom. The molecule has 1 atom stereocenters. The first kappa shape index (κ1) is 16.9. The molecule has 5 nitrogen and oxygen atoms in total. The van der Waals surface area contributed by atoms with E-state index in [0.717, 1.165) is 37.1 Å². The van der Waals surface area contributed by atoms with Gasteiger partial charge in [-0.2, -0.15) is 0 Å². The quantitative estimate of drug-likeness (QED) is 0.891. The molecule has 1 amide bonds. The third kappa shape index (κ3) is 3.15. The van der Waals surface area contributed by atoms with Gasteiger partial charge in [-0.3, -0.25) is 4.79 Å². The first-order valence-corrected chi connectivity index (χ1v) is 10.3. The van der Waals surface area contributed by atoms with Crippen LogP contribution in [0.1, 0.15) is 39.5 Å². The Kier molecular flexibility index (Phi) is 4.85. The van der Waals surface area contributed by atoms with Gasteiger partial charge in [0.1, 0.15) is 0 Å². The Labute approximate surface area is 144 Å². The Morgan fingerprint density at radius 2 is 1.96 bits per heavy atom. The van der Waals surface area contributed by atoms with Crippen molar-refractivity contribution in [3.05, 3.63) is 34.9 Å². The first-order chi connectivity index (χ1) is 11.5. The van der Waals surface area contributed by atoms with Crippen LogP contribution >= 0.6 is 10.3 Å². The number of rotatable bonds is 4. The third-order valence-electron chi connectivity index (χ3n) is 4.15. The second kappa shape index (κ2) is 6.89. The minimum absolute atomic E-state index is 0.117. The highest BCUT2D eigenvalue weighted by Gasteiger charge is 2.41. The fraction of sp³-hybridized carbons (Fsp3) is 0.444. The molecule has 6 heteroatoms. The molecule has 1 N–H and O–H groups in total. The predicted molar refractivity (Wildman–Crippen MR) is 98.5 cm³/mol. The van der Waals surface area contributed by atoms with Crippen LogP contribution < -0.4 is 14.2 Å². The lowest BCUT2D eigenvalue weighted by atomic mass is 10.1. The number of carbonyl (C=O) groups excluding carboxylic acids is 1. The monoisotopic (exact) mass is 348 g/mol. The van der Waals surface area contributed by atoms with Gasteiger partial charge in [-0.1, -0.05) is 12.1 Å². The molecule has 0 fully saturated rings. The number of nitrogens with one attached hydrogen (secondary N) is 1. The van der Waals surface area contributed by atoms with Crippen LogP contribution in [0.5, 0.6) is 11.5 Å². The molecule has 1 aromatic rings. The van der Waals surface area contributed by atoms with E-state index in [2.05, 4.69) is 11.6 Å². The van der Waals surface area contributed by atoms with E-state index < -0.39 is 10.3 Å². The lowest BCUT2D eigenvalue weighted by Gasteiger charge is -2.36. The standard InChI is InChI=1S/C18H24N2O3S/c1-4-22-15-10-6-7-11-16(15)23-24(3)17-12-8-5-9-14(17)20-18(24)19-13(2)21/h6-7,10-11H,4-5,8-9,12H2,1-3H3,(H,19,20,21). The van der Waals surface area contributed by atoms with Gasteiger partial charge >= 0.3 is 0 Å². The van der Waals surface area contributed by atoms with Crippen molar-refractivity contribution in [3.8, 4) is 11.5 Å². The summed E-state index contributed by atoms with van der Waals surface area (Å²) in [5.74, 6) is 1.31. The summed E-state index contributed by atoms with van der Waals surface area (Å²) >= 11 is 0. The number of carbonyl (C=O) groups is 1. The molecule has 0 bridgehead atoms. The molecular formula is C18H24N2O3S. The van der Waals surface area contributed by atoms with E-state index in [1.54, 1.807) is 0 Å². The van der Waals surface area contributed by atoms with Crippen molar-refractivity contribution in [2.75, 3.05) is 12.9 Å². The molecule has 0 saturated carbocycles. The Hall–Kier alpha value is -1.95. The highest BCUT2D eigenvalue weighted by atomic mass is 32.3. The smallest absolute Gasteiger partial charge is 0.222 e. The van der Waals surface area contributed by atoms with E-state index >= 15 is 0 Å². The van der Waals surface area contributed by atoms with Crippen LogP contribution in [0.25, 0.3) is 0 Å².